The first-order valence-electron chi connectivity index (χ1n) is 5.65. The van der Waals surface area contributed by atoms with Gasteiger partial charge in [-0.3, -0.25) is 0 Å². The Morgan fingerprint density at radius 1 is 1.33 bits per heavy atom. The van der Waals surface area contributed by atoms with E-state index >= 15 is 0 Å². The summed E-state index contributed by atoms with van der Waals surface area (Å²) in [6.07, 6.45) is 9.05. The predicted molar refractivity (Wildman–Crippen MR) is 63.7 cm³/mol. The topological polar surface area (TPSA) is 26.3 Å². The molecule has 0 unspecified atom stereocenters. The molecule has 0 rings (SSSR count). The summed E-state index contributed by atoms with van der Waals surface area (Å²) in [5.41, 5.74) is 1.10. The molecule has 2 nitrogen and oxygen atoms in total. The minimum Gasteiger partial charge on any atom is -0.458 e. The molecule has 0 aromatic carbocycles. The van der Waals surface area contributed by atoms with Crippen molar-refractivity contribution < 1.29 is 9.53 Å². The van der Waals surface area contributed by atoms with Gasteiger partial charge in [-0.1, -0.05) is 44.4 Å². The molecule has 0 bridgehead atoms. The Morgan fingerprint density at radius 3 is 2.67 bits per heavy atom. The highest BCUT2D eigenvalue weighted by Crippen LogP contribution is 2.09. The van der Waals surface area contributed by atoms with E-state index in [1.54, 1.807) is 12.2 Å². The first-order valence-corrected chi connectivity index (χ1v) is 5.65. The van der Waals surface area contributed by atoms with E-state index in [2.05, 4.69) is 13.5 Å². The molecule has 0 saturated heterocycles. The molecule has 86 valence electrons. The van der Waals surface area contributed by atoms with Crippen LogP contribution in [-0.2, 0) is 9.53 Å². The van der Waals surface area contributed by atoms with Crippen LogP contribution in [0.15, 0.2) is 24.3 Å². The van der Waals surface area contributed by atoms with Gasteiger partial charge in [-0.15, -0.1) is 0 Å². The Kier molecular flexibility index (Phi) is 8.84. The standard InChI is InChI=1S/C13H22O2/c1-4-6-7-8-9-12(3)11-13(14)15-10-5-2/h5,11H,2,4,6-10H2,1,3H3/b12-11+. The van der Waals surface area contributed by atoms with Crippen LogP contribution < -0.4 is 0 Å². The molecule has 2 heteroatoms. The first-order chi connectivity index (χ1) is 7.20. The Balaban J connectivity index is 3.66. The Morgan fingerprint density at radius 2 is 2.07 bits per heavy atom. The molecule has 0 aliphatic rings. The molecular weight excluding hydrogens is 188 g/mol. The summed E-state index contributed by atoms with van der Waals surface area (Å²) >= 11 is 0. The molecule has 0 spiro atoms. The fourth-order valence-electron chi connectivity index (χ4n) is 1.29. The summed E-state index contributed by atoms with van der Waals surface area (Å²) in [5, 5.41) is 0. The van der Waals surface area contributed by atoms with E-state index in [1.807, 2.05) is 6.92 Å². The van der Waals surface area contributed by atoms with Crippen molar-refractivity contribution in [2.45, 2.75) is 46.0 Å². The molecule has 0 aromatic rings. The molecule has 0 radical (unpaired) electrons. The van der Waals surface area contributed by atoms with E-state index in [0.717, 1.165) is 18.4 Å². The maximum atomic E-state index is 11.2. The maximum absolute atomic E-state index is 11.2. The number of ether oxygens (including phenoxy) is 1. The van der Waals surface area contributed by atoms with Crippen LogP contribution in [0.1, 0.15) is 46.0 Å². The number of allylic oxidation sites excluding steroid dienone is 1. The fraction of sp³-hybridized carbons (Fsp3) is 0.615. The zero-order chi connectivity index (χ0) is 11.5. The minimum atomic E-state index is -0.261. The van der Waals surface area contributed by atoms with Gasteiger partial charge in [-0.05, 0) is 19.8 Å². The van der Waals surface area contributed by atoms with Gasteiger partial charge in [0.1, 0.15) is 6.61 Å². The van der Waals surface area contributed by atoms with Gasteiger partial charge >= 0.3 is 5.97 Å². The average Bonchev–Trinajstić information content (AvgIpc) is 2.21. The molecule has 0 heterocycles. The summed E-state index contributed by atoms with van der Waals surface area (Å²) in [7, 11) is 0. The van der Waals surface area contributed by atoms with Crippen molar-refractivity contribution in [2.24, 2.45) is 0 Å². The number of hydrogen-bond acceptors (Lipinski definition) is 2. The summed E-state index contributed by atoms with van der Waals surface area (Å²) in [5.74, 6) is -0.261. The highest BCUT2D eigenvalue weighted by molar-refractivity contribution is 5.82. The predicted octanol–water partition coefficient (Wildman–Crippen LogP) is 3.63. The third kappa shape index (κ3) is 9.26. The van der Waals surface area contributed by atoms with E-state index in [1.165, 1.54) is 19.3 Å². The van der Waals surface area contributed by atoms with E-state index in [9.17, 15) is 4.79 Å². The molecule has 0 atom stereocenters. The summed E-state index contributed by atoms with van der Waals surface area (Å²) in [6, 6.07) is 0. The lowest BCUT2D eigenvalue weighted by molar-refractivity contribution is -0.136. The lowest BCUT2D eigenvalue weighted by Crippen LogP contribution is -2.01. The molecule has 0 aliphatic carbocycles. The molecular formula is C13H22O2. The van der Waals surface area contributed by atoms with Crippen LogP contribution in [0.3, 0.4) is 0 Å². The average molecular weight is 210 g/mol. The van der Waals surface area contributed by atoms with E-state index < -0.39 is 0 Å². The molecule has 0 N–H and O–H groups in total. The summed E-state index contributed by atoms with van der Waals surface area (Å²) < 4.78 is 4.86. The lowest BCUT2D eigenvalue weighted by Gasteiger charge is -2.01. The highest BCUT2D eigenvalue weighted by atomic mass is 16.5. The molecule has 0 amide bonds. The van der Waals surface area contributed by atoms with Crippen LogP contribution >= 0.6 is 0 Å². The second kappa shape index (κ2) is 9.50. The quantitative estimate of drug-likeness (QED) is 0.265. The minimum absolute atomic E-state index is 0.261. The van der Waals surface area contributed by atoms with Crippen molar-refractivity contribution in [3.8, 4) is 0 Å². The normalized spacial score (nSPS) is 11.2. The molecule has 0 aromatic heterocycles. The molecule has 0 saturated carbocycles. The van der Waals surface area contributed by atoms with Crippen LogP contribution in [0.4, 0.5) is 0 Å². The van der Waals surface area contributed by atoms with Crippen molar-refractivity contribution >= 4 is 5.97 Å². The van der Waals surface area contributed by atoms with Crippen LogP contribution in [0.5, 0.6) is 0 Å². The SMILES string of the molecule is C=CCOC(=O)/C=C(\C)CCCCCC. The van der Waals surface area contributed by atoms with Crippen LogP contribution in [0.25, 0.3) is 0 Å². The van der Waals surface area contributed by atoms with Crippen molar-refractivity contribution in [1.29, 1.82) is 0 Å². The second-order valence-corrected chi connectivity index (χ2v) is 3.72. The molecule has 15 heavy (non-hydrogen) atoms. The van der Waals surface area contributed by atoms with Crippen molar-refractivity contribution in [1.82, 2.24) is 0 Å². The van der Waals surface area contributed by atoms with E-state index in [0.29, 0.717) is 6.61 Å². The van der Waals surface area contributed by atoms with Gasteiger partial charge in [-0.25, -0.2) is 4.79 Å². The van der Waals surface area contributed by atoms with Crippen LogP contribution in [0, 0.1) is 0 Å². The van der Waals surface area contributed by atoms with Crippen molar-refractivity contribution in [3.63, 3.8) is 0 Å². The lowest BCUT2D eigenvalue weighted by atomic mass is 10.1. The number of hydrogen-bond donors (Lipinski definition) is 0. The fourth-order valence-corrected chi connectivity index (χ4v) is 1.29. The Bertz CT molecular complexity index is 217. The zero-order valence-electron chi connectivity index (χ0n) is 9.92. The largest absolute Gasteiger partial charge is 0.458 e. The van der Waals surface area contributed by atoms with Gasteiger partial charge < -0.3 is 4.74 Å². The highest BCUT2D eigenvalue weighted by Gasteiger charge is 1.98. The van der Waals surface area contributed by atoms with Gasteiger partial charge in [0, 0.05) is 6.08 Å². The number of carbonyl (C=O) groups is 1. The third-order valence-corrected chi connectivity index (χ3v) is 2.13. The van der Waals surface area contributed by atoms with Gasteiger partial charge in [-0.2, -0.15) is 0 Å². The zero-order valence-corrected chi connectivity index (χ0v) is 9.92. The van der Waals surface area contributed by atoms with Crippen LogP contribution in [0.2, 0.25) is 0 Å². The second-order valence-electron chi connectivity index (χ2n) is 3.72. The molecule has 0 fully saturated rings. The monoisotopic (exact) mass is 210 g/mol. The number of esters is 1. The third-order valence-electron chi connectivity index (χ3n) is 2.13. The van der Waals surface area contributed by atoms with Crippen LogP contribution in [-0.4, -0.2) is 12.6 Å². The number of rotatable bonds is 8. The van der Waals surface area contributed by atoms with Gasteiger partial charge in [0.25, 0.3) is 0 Å². The van der Waals surface area contributed by atoms with Gasteiger partial charge in [0.2, 0.25) is 0 Å². The Hall–Kier alpha value is -1.05. The van der Waals surface area contributed by atoms with Gasteiger partial charge in [0.15, 0.2) is 0 Å². The summed E-state index contributed by atoms with van der Waals surface area (Å²) in [6.45, 7) is 7.94. The van der Waals surface area contributed by atoms with Crippen molar-refractivity contribution in [3.05, 3.63) is 24.3 Å². The van der Waals surface area contributed by atoms with E-state index in [-0.39, 0.29) is 5.97 Å². The smallest absolute Gasteiger partial charge is 0.330 e. The summed E-state index contributed by atoms with van der Waals surface area (Å²) in [4.78, 5) is 11.2. The first kappa shape index (κ1) is 13.9. The maximum Gasteiger partial charge on any atom is 0.330 e. The van der Waals surface area contributed by atoms with Gasteiger partial charge in [0.05, 0.1) is 0 Å². The molecule has 0 aliphatic heterocycles. The van der Waals surface area contributed by atoms with E-state index in [4.69, 9.17) is 4.74 Å². The van der Waals surface area contributed by atoms with Crippen molar-refractivity contribution in [2.75, 3.05) is 6.61 Å². The number of unbranched alkanes of at least 4 members (excludes halogenated alkanes) is 3. The Labute approximate surface area is 93.0 Å². The number of carbonyl (C=O) groups excluding carboxylic acids is 1.